The predicted molar refractivity (Wildman–Crippen MR) is 102 cm³/mol. The van der Waals surface area contributed by atoms with E-state index in [4.69, 9.17) is 0 Å². The fourth-order valence-corrected chi connectivity index (χ4v) is 3.84. The van der Waals surface area contributed by atoms with Crippen molar-refractivity contribution < 1.29 is 14.4 Å². The Morgan fingerprint density at radius 1 is 1.26 bits per heavy atom. The highest BCUT2D eigenvalue weighted by Gasteiger charge is 2.38. The Labute approximate surface area is 160 Å². The molecule has 1 aromatic carbocycles. The van der Waals surface area contributed by atoms with Crippen molar-refractivity contribution in [2.24, 2.45) is 0 Å². The van der Waals surface area contributed by atoms with Crippen molar-refractivity contribution in [3.63, 3.8) is 0 Å². The number of benzene rings is 1. The molecule has 7 nitrogen and oxygen atoms in total. The van der Waals surface area contributed by atoms with Crippen LogP contribution in [0.1, 0.15) is 31.7 Å². The second-order valence-electron chi connectivity index (χ2n) is 7.16. The van der Waals surface area contributed by atoms with Gasteiger partial charge in [0.1, 0.15) is 6.04 Å². The largest absolute Gasteiger partial charge is 0.354 e. The van der Waals surface area contributed by atoms with E-state index in [2.05, 4.69) is 22.5 Å². The van der Waals surface area contributed by atoms with E-state index < -0.39 is 12.1 Å². The molecule has 2 aliphatic rings. The molecular formula is C20H28N4O3. The number of imide groups is 1. The van der Waals surface area contributed by atoms with Crippen LogP contribution in [0.2, 0.25) is 0 Å². The Hall–Kier alpha value is -2.41. The van der Waals surface area contributed by atoms with E-state index in [0.717, 1.165) is 31.5 Å². The molecule has 146 valence electrons. The lowest BCUT2D eigenvalue weighted by Gasteiger charge is -2.23. The second-order valence-corrected chi connectivity index (χ2v) is 7.16. The first kappa shape index (κ1) is 19.4. The predicted octanol–water partition coefficient (Wildman–Crippen LogP) is 1.14. The molecule has 0 saturated carbocycles. The third-order valence-corrected chi connectivity index (χ3v) is 5.40. The van der Waals surface area contributed by atoms with Gasteiger partial charge in [0, 0.05) is 19.1 Å². The Balaban J connectivity index is 1.45. The Kier molecular flexibility index (Phi) is 6.45. The zero-order valence-electron chi connectivity index (χ0n) is 15.8. The highest BCUT2D eigenvalue weighted by atomic mass is 16.2. The Morgan fingerprint density at radius 2 is 2.04 bits per heavy atom. The zero-order valence-corrected chi connectivity index (χ0v) is 15.8. The van der Waals surface area contributed by atoms with Gasteiger partial charge in [-0.15, -0.1) is 0 Å². The van der Waals surface area contributed by atoms with E-state index >= 15 is 0 Å². The topological polar surface area (TPSA) is 81.8 Å². The number of likely N-dealkylation sites (N-methyl/N-ethyl adjacent to an activating group) is 1. The van der Waals surface area contributed by atoms with Crippen LogP contribution in [0.4, 0.5) is 4.79 Å². The summed E-state index contributed by atoms with van der Waals surface area (Å²) in [6.45, 7) is 5.09. The number of carbonyl (C=O) groups is 3. The number of amides is 4. The standard InChI is InChI=1S/C20H28N4O3/c1-2-23-11-6-9-16(23)14-21-18(25)13-17-19(26)24(20(27)22-17)12-10-15-7-4-3-5-8-15/h3-5,7-8,16-17H,2,6,9-14H2,1H3,(H,21,25)(H,22,27)/t16-,17-/m0/s1. The van der Waals surface area contributed by atoms with Crippen molar-refractivity contribution in [2.75, 3.05) is 26.2 Å². The molecule has 3 rings (SSSR count). The van der Waals surface area contributed by atoms with Crippen LogP contribution in [0.5, 0.6) is 0 Å². The van der Waals surface area contributed by atoms with Crippen LogP contribution < -0.4 is 10.6 Å². The van der Waals surface area contributed by atoms with Gasteiger partial charge in [-0.05, 0) is 37.9 Å². The maximum atomic E-state index is 12.5. The lowest BCUT2D eigenvalue weighted by molar-refractivity contribution is -0.130. The minimum Gasteiger partial charge on any atom is -0.354 e. The molecule has 0 aliphatic carbocycles. The van der Waals surface area contributed by atoms with Gasteiger partial charge in [-0.2, -0.15) is 0 Å². The minimum absolute atomic E-state index is 0.00868. The monoisotopic (exact) mass is 372 g/mol. The Morgan fingerprint density at radius 3 is 2.78 bits per heavy atom. The average Bonchev–Trinajstić information content (AvgIpc) is 3.23. The number of nitrogens with zero attached hydrogens (tertiary/aromatic N) is 2. The molecule has 2 atom stereocenters. The van der Waals surface area contributed by atoms with Crippen molar-refractivity contribution in [1.82, 2.24) is 20.4 Å². The third-order valence-electron chi connectivity index (χ3n) is 5.40. The molecule has 0 radical (unpaired) electrons. The molecule has 0 spiro atoms. The van der Waals surface area contributed by atoms with Gasteiger partial charge in [0.15, 0.2) is 0 Å². The van der Waals surface area contributed by atoms with Crippen LogP contribution >= 0.6 is 0 Å². The van der Waals surface area contributed by atoms with Crippen molar-refractivity contribution >= 4 is 17.8 Å². The van der Waals surface area contributed by atoms with E-state index in [1.807, 2.05) is 30.3 Å². The number of carbonyl (C=O) groups excluding carboxylic acids is 3. The second kappa shape index (κ2) is 8.99. The minimum atomic E-state index is -0.765. The first-order chi connectivity index (χ1) is 13.1. The summed E-state index contributed by atoms with van der Waals surface area (Å²) in [7, 11) is 0. The first-order valence-corrected chi connectivity index (χ1v) is 9.75. The summed E-state index contributed by atoms with van der Waals surface area (Å²) >= 11 is 0. The van der Waals surface area contributed by atoms with E-state index in [0.29, 0.717) is 25.6 Å². The van der Waals surface area contributed by atoms with E-state index in [-0.39, 0.29) is 18.2 Å². The summed E-state index contributed by atoms with van der Waals surface area (Å²) < 4.78 is 0. The third kappa shape index (κ3) is 4.86. The van der Waals surface area contributed by atoms with Crippen LogP contribution in [0.25, 0.3) is 0 Å². The van der Waals surface area contributed by atoms with Gasteiger partial charge >= 0.3 is 6.03 Å². The lowest BCUT2D eigenvalue weighted by Crippen LogP contribution is -2.42. The summed E-state index contributed by atoms with van der Waals surface area (Å²) in [5.41, 5.74) is 1.07. The Bertz CT molecular complexity index is 679. The number of likely N-dealkylation sites (tertiary alicyclic amines) is 1. The highest BCUT2D eigenvalue weighted by Crippen LogP contribution is 2.16. The van der Waals surface area contributed by atoms with Crippen molar-refractivity contribution in [1.29, 1.82) is 0 Å². The van der Waals surface area contributed by atoms with Gasteiger partial charge in [0.25, 0.3) is 5.91 Å². The van der Waals surface area contributed by atoms with Crippen LogP contribution in [0, 0.1) is 0 Å². The van der Waals surface area contributed by atoms with Gasteiger partial charge in [-0.1, -0.05) is 37.3 Å². The molecule has 2 heterocycles. The molecule has 0 unspecified atom stereocenters. The summed E-state index contributed by atoms with van der Waals surface area (Å²) in [5, 5.41) is 5.56. The maximum absolute atomic E-state index is 12.5. The van der Waals surface area contributed by atoms with Crippen LogP contribution in [0.3, 0.4) is 0 Å². The summed E-state index contributed by atoms with van der Waals surface area (Å²) in [6, 6.07) is 8.90. The smallest absolute Gasteiger partial charge is 0.324 e. The normalized spacial score (nSPS) is 22.9. The van der Waals surface area contributed by atoms with Gasteiger partial charge in [-0.25, -0.2) is 4.79 Å². The van der Waals surface area contributed by atoms with Gasteiger partial charge in [0.05, 0.1) is 6.42 Å². The number of urea groups is 1. The molecule has 1 aromatic rings. The number of hydrogen-bond donors (Lipinski definition) is 2. The van der Waals surface area contributed by atoms with E-state index in [1.165, 1.54) is 4.90 Å². The number of hydrogen-bond acceptors (Lipinski definition) is 4. The van der Waals surface area contributed by atoms with Crippen molar-refractivity contribution in [2.45, 2.75) is 44.7 Å². The van der Waals surface area contributed by atoms with Crippen LogP contribution in [-0.4, -0.2) is 65.9 Å². The van der Waals surface area contributed by atoms with Gasteiger partial charge in [-0.3, -0.25) is 19.4 Å². The molecule has 4 amide bonds. The first-order valence-electron chi connectivity index (χ1n) is 9.75. The average molecular weight is 372 g/mol. The summed E-state index contributed by atoms with van der Waals surface area (Å²) in [6.07, 6.45) is 2.83. The molecule has 0 aromatic heterocycles. The fraction of sp³-hybridized carbons (Fsp3) is 0.550. The number of rotatable bonds is 8. The fourth-order valence-electron chi connectivity index (χ4n) is 3.84. The number of nitrogens with one attached hydrogen (secondary N) is 2. The maximum Gasteiger partial charge on any atom is 0.324 e. The van der Waals surface area contributed by atoms with E-state index in [1.54, 1.807) is 0 Å². The highest BCUT2D eigenvalue weighted by molar-refractivity contribution is 6.05. The molecule has 2 N–H and O–H groups in total. The molecule has 27 heavy (non-hydrogen) atoms. The molecule has 7 heteroatoms. The van der Waals surface area contributed by atoms with Crippen molar-refractivity contribution in [3.8, 4) is 0 Å². The van der Waals surface area contributed by atoms with Gasteiger partial charge < -0.3 is 10.6 Å². The SMILES string of the molecule is CCN1CCC[C@H]1CNC(=O)C[C@@H]1NC(=O)N(CCc2ccccc2)C1=O. The lowest BCUT2D eigenvalue weighted by atomic mass is 10.1. The van der Waals surface area contributed by atoms with Crippen LogP contribution in [-0.2, 0) is 16.0 Å². The quantitative estimate of drug-likeness (QED) is 0.671. The van der Waals surface area contributed by atoms with Crippen LogP contribution in [0.15, 0.2) is 30.3 Å². The zero-order chi connectivity index (χ0) is 19.2. The van der Waals surface area contributed by atoms with Gasteiger partial charge in [0.2, 0.25) is 5.91 Å². The van der Waals surface area contributed by atoms with Crippen molar-refractivity contribution in [3.05, 3.63) is 35.9 Å². The molecule has 2 fully saturated rings. The van der Waals surface area contributed by atoms with E-state index in [9.17, 15) is 14.4 Å². The molecule has 2 aliphatic heterocycles. The summed E-state index contributed by atoms with van der Waals surface area (Å²) in [4.78, 5) is 40.4. The molecular weight excluding hydrogens is 344 g/mol. The molecule has 2 saturated heterocycles. The molecule has 0 bridgehead atoms. The summed E-state index contributed by atoms with van der Waals surface area (Å²) in [5.74, 6) is -0.511.